The van der Waals surface area contributed by atoms with Gasteiger partial charge >= 0.3 is 0 Å². The number of piperidine rings is 1. The zero-order chi connectivity index (χ0) is 20.7. The molecule has 1 unspecified atom stereocenters. The Labute approximate surface area is 168 Å². The van der Waals surface area contributed by atoms with E-state index >= 15 is 0 Å². The number of likely N-dealkylation sites (tertiary alicyclic amines) is 1. The maximum atomic E-state index is 13.6. The highest BCUT2D eigenvalue weighted by Gasteiger charge is 2.20. The summed E-state index contributed by atoms with van der Waals surface area (Å²) in [5.41, 5.74) is 1.22. The second kappa shape index (κ2) is 10.2. The van der Waals surface area contributed by atoms with Gasteiger partial charge in [-0.25, -0.2) is 12.8 Å². The zero-order valence-corrected chi connectivity index (χ0v) is 18.2. The molecule has 1 heterocycles. The first kappa shape index (κ1) is 22.6. The number of nitrogens with one attached hydrogen (secondary N) is 2. The van der Waals surface area contributed by atoms with Crippen LogP contribution in [0.2, 0.25) is 0 Å². The van der Waals surface area contributed by atoms with Gasteiger partial charge in [0.2, 0.25) is 0 Å². The molecule has 2 rings (SSSR count). The molecule has 0 bridgehead atoms. The highest BCUT2D eigenvalue weighted by atomic mass is 32.2. The molecular weight excluding hydrogens is 379 g/mol. The van der Waals surface area contributed by atoms with Gasteiger partial charge in [0.15, 0.2) is 15.8 Å². The van der Waals surface area contributed by atoms with E-state index in [-0.39, 0.29) is 11.6 Å². The molecule has 0 aromatic heterocycles. The topological polar surface area (TPSA) is 73.8 Å². The fourth-order valence-electron chi connectivity index (χ4n) is 3.42. The number of benzene rings is 1. The normalized spacial score (nSPS) is 18.1. The first-order chi connectivity index (χ1) is 13.2. The van der Waals surface area contributed by atoms with E-state index in [0.717, 1.165) is 25.6 Å². The Balaban J connectivity index is 1.91. The number of sulfone groups is 1. The van der Waals surface area contributed by atoms with Gasteiger partial charge < -0.3 is 10.6 Å². The minimum absolute atomic E-state index is 0.110. The zero-order valence-electron chi connectivity index (χ0n) is 17.3. The summed E-state index contributed by atoms with van der Waals surface area (Å²) in [5, 5.41) is 6.48. The molecule has 2 N–H and O–H groups in total. The number of guanidine groups is 1. The van der Waals surface area contributed by atoms with E-state index in [0.29, 0.717) is 29.7 Å². The van der Waals surface area contributed by atoms with Crippen LogP contribution in [0.15, 0.2) is 23.2 Å². The number of halogens is 1. The largest absolute Gasteiger partial charge is 0.355 e. The molecule has 0 saturated carbocycles. The standard InChI is InChI=1S/C20H33FN4O2S/c1-15-7-9-25(10-8-15)16(2)12-23-20(22-3)24-13-18-11-19(21)6-5-17(18)14-28(4,26)27/h5-6,11,15-16H,7-10,12-14H2,1-4H3,(H2,22,23,24). The second-order valence-corrected chi connectivity index (χ2v) is 10.00. The van der Waals surface area contributed by atoms with Gasteiger partial charge in [-0.3, -0.25) is 9.89 Å². The molecule has 8 heteroatoms. The Morgan fingerprint density at radius 2 is 1.96 bits per heavy atom. The van der Waals surface area contributed by atoms with Gasteiger partial charge in [-0.05, 0) is 62.0 Å². The van der Waals surface area contributed by atoms with Crippen molar-refractivity contribution in [3.8, 4) is 0 Å². The molecule has 1 fully saturated rings. The summed E-state index contributed by atoms with van der Waals surface area (Å²) in [5.74, 6) is 0.927. The molecule has 1 aromatic rings. The van der Waals surface area contributed by atoms with E-state index in [4.69, 9.17) is 0 Å². The molecule has 28 heavy (non-hydrogen) atoms. The van der Waals surface area contributed by atoms with Crippen molar-refractivity contribution in [3.63, 3.8) is 0 Å². The van der Waals surface area contributed by atoms with Gasteiger partial charge in [0.05, 0.1) is 5.75 Å². The van der Waals surface area contributed by atoms with Crippen LogP contribution in [-0.2, 0) is 22.1 Å². The molecule has 1 aliphatic rings. The van der Waals surface area contributed by atoms with Crippen LogP contribution < -0.4 is 10.6 Å². The van der Waals surface area contributed by atoms with Crippen molar-refractivity contribution in [1.29, 1.82) is 0 Å². The Bertz CT molecular complexity index is 774. The lowest BCUT2D eigenvalue weighted by atomic mass is 9.98. The quantitative estimate of drug-likeness (QED) is 0.530. The van der Waals surface area contributed by atoms with Crippen molar-refractivity contribution in [2.45, 2.75) is 45.0 Å². The first-order valence-corrected chi connectivity index (χ1v) is 11.9. The number of hydrogen-bond acceptors (Lipinski definition) is 4. The highest BCUT2D eigenvalue weighted by molar-refractivity contribution is 7.89. The molecule has 1 aromatic carbocycles. The van der Waals surface area contributed by atoms with E-state index in [9.17, 15) is 12.8 Å². The summed E-state index contributed by atoms with van der Waals surface area (Å²) in [7, 11) is -1.51. The molecular formula is C20H33FN4O2S. The maximum absolute atomic E-state index is 13.6. The van der Waals surface area contributed by atoms with Gasteiger partial charge in [-0.2, -0.15) is 0 Å². The third-order valence-corrected chi connectivity index (χ3v) is 6.10. The van der Waals surface area contributed by atoms with Crippen molar-refractivity contribution < 1.29 is 12.8 Å². The second-order valence-electron chi connectivity index (χ2n) is 7.86. The van der Waals surface area contributed by atoms with Gasteiger partial charge in [0.25, 0.3) is 0 Å². The Kier molecular flexibility index (Phi) is 8.24. The van der Waals surface area contributed by atoms with Gasteiger partial charge in [-0.15, -0.1) is 0 Å². The maximum Gasteiger partial charge on any atom is 0.191 e. The molecule has 0 aliphatic carbocycles. The van der Waals surface area contributed by atoms with E-state index in [1.807, 2.05) is 0 Å². The number of rotatable bonds is 7. The molecule has 1 saturated heterocycles. The molecule has 0 amide bonds. The lowest BCUT2D eigenvalue weighted by Gasteiger charge is -2.35. The fourth-order valence-corrected chi connectivity index (χ4v) is 4.27. The predicted molar refractivity (Wildman–Crippen MR) is 113 cm³/mol. The van der Waals surface area contributed by atoms with E-state index in [1.165, 1.54) is 37.3 Å². The van der Waals surface area contributed by atoms with Crippen LogP contribution in [-0.4, -0.2) is 58.3 Å². The SMILES string of the molecule is CN=C(NCc1cc(F)ccc1CS(C)(=O)=O)NCC(C)N1CCC(C)CC1. The van der Waals surface area contributed by atoms with Crippen LogP contribution in [0.3, 0.4) is 0 Å². The summed E-state index contributed by atoms with van der Waals surface area (Å²) >= 11 is 0. The Morgan fingerprint density at radius 3 is 2.57 bits per heavy atom. The predicted octanol–water partition coefficient (Wildman–Crippen LogP) is 2.16. The summed E-state index contributed by atoms with van der Waals surface area (Å²) in [6.45, 7) is 7.80. The van der Waals surface area contributed by atoms with Gasteiger partial charge in [0, 0.05) is 32.4 Å². The smallest absolute Gasteiger partial charge is 0.191 e. The highest BCUT2D eigenvalue weighted by Crippen LogP contribution is 2.18. The first-order valence-electron chi connectivity index (χ1n) is 9.81. The van der Waals surface area contributed by atoms with Crippen molar-refractivity contribution in [1.82, 2.24) is 15.5 Å². The number of nitrogens with zero attached hydrogens (tertiary/aromatic N) is 2. The van der Waals surface area contributed by atoms with Gasteiger partial charge in [-0.1, -0.05) is 13.0 Å². The van der Waals surface area contributed by atoms with E-state index in [2.05, 4.69) is 34.4 Å². The van der Waals surface area contributed by atoms with Crippen molar-refractivity contribution in [2.75, 3.05) is 32.9 Å². The summed E-state index contributed by atoms with van der Waals surface area (Å²) < 4.78 is 36.9. The van der Waals surface area contributed by atoms with Crippen LogP contribution in [0.5, 0.6) is 0 Å². The monoisotopic (exact) mass is 412 g/mol. The van der Waals surface area contributed by atoms with Crippen molar-refractivity contribution >= 4 is 15.8 Å². The summed E-state index contributed by atoms with van der Waals surface area (Å²) in [6, 6.07) is 4.58. The number of aliphatic imine (C=N–C) groups is 1. The molecule has 0 spiro atoms. The average Bonchev–Trinajstić information content (AvgIpc) is 2.63. The minimum atomic E-state index is -3.20. The number of hydrogen-bond donors (Lipinski definition) is 2. The van der Waals surface area contributed by atoms with Crippen molar-refractivity contribution in [2.24, 2.45) is 10.9 Å². The van der Waals surface area contributed by atoms with Crippen LogP contribution in [0.4, 0.5) is 4.39 Å². The van der Waals surface area contributed by atoms with Gasteiger partial charge in [0.1, 0.15) is 5.82 Å². The van der Waals surface area contributed by atoms with Crippen molar-refractivity contribution in [3.05, 3.63) is 35.1 Å². The third-order valence-electron chi connectivity index (χ3n) is 5.26. The molecule has 0 radical (unpaired) electrons. The summed E-state index contributed by atoms with van der Waals surface area (Å²) in [6.07, 6.45) is 3.65. The van der Waals surface area contributed by atoms with Crippen LogP contribution >= 0.6 is 0 Å². The molecule has 1 atom stereocenters. The molecule has 6 nitrogen and oxygen atoms in total. The van der Waals surface area contributed by atoms with Crippen LogP contribution in [0.1, 0.15) is 37.8 Å². The van der Waals surface area contributed by atoms with Crippen LogP contribution in [0, 0.1) is 11.7 Å². The lowest BCUT2D eigenvalue weighted by molar-refractivity contribution is 0.147. The fraction of sp³-hybridized carbons (Fsp3) is 0.650. The molecule has 158 valence electrons. The minimum Gasteiger partial charge on any atom is -0.355 e. The summed E-state index contributed by atoms with van der Waals surface area (Å²) in [4.78, 5) is 6.71. The Morgan fingerprint density at radius 1 is 1.29 bits per heavy atom. The lowest BCUT2D eigenvalue weighted by Crippen LogP contribution is -2.48. The molecule has 1 aliphatic heterocycles. The third kappa shape index (κ3) is 7.39. The van der Waals surface area contributed by atoms with Crippen LogP contribution in [0.25, 0.3) is 0 Å². The van der Waals surface area contributed by atoms with E-state index in [1.54, 1.807) is 7.05 Å². The average molecular weight is 413 g/mol. The van der Waals surface area contributed by atoms with E-state index < -0.39 is 9.84 Å². The Hall–Kier alpha value is -1.67.